The molecular weight excluding hydrogens is 312 g/mol. The Bertz CT molecular complexity index is 878. The third kappa shape index (κ3) is 2.39. The number of piperidine rings is 1. The minimum absolute atomic E-state index is 0.130. The lowest BCUT2D eigenvalue weighted by atomic mass is 9.88. The van der Waals surface area contributed by atoms with E-state index in [0.717, 1.165) is 48.6 Å². The number of hydrogen-bond donors (Lipinski definition) is 2. The molecule has 1 aliphatic heterocycles. The van der Waals surface area contributed by atoms with E-state index < -0.39 is 0 Å². The summed E-state index contributed by atoms with van der Waals surface area (Å²) in [6.45, 7) is 5.39. The first-order chi connectivity index (χ1) is 12.1. The van der Waals surface area contributed by atoms with Crippen LogP contribution in [0, 0.1) is 11.8 Å². The first-order valence-corrected chi connectivity index (χ1v) is 10.0. The molecule has 3 atom stereocenters. The zero-order valence-corrected chi connectivity index (χ0v) is 15.3. The molecule has 5 heteroatoms. The number of H-pyrrole nitrogens is 1. The van der Waals surface area contributed by atoms with Gasteiger partial charge in [0, 0.05) is 22.9 Å². The maximum atomic E-state index is 13.2. The second-order valence-corrected chi connectivity index (χ2v) is 8.67. The molecule has 2 aromatic rings. The molecule has 134 valence electrons. The molecule has 2 aliphatic carbocycles. The molecule has 0 aromatic carbocycles. The van der Waals surface area contributed by atoms with Gasteiger partial charge in [0.1, 0.15) is 0 Å². The maximum Gasteiger partial charge on any atom is 0.276 e. The van der Waals surface area contributed by atoms with Gasteiger partial charge in [-0.3, -0.25) is 9.89 Å². The van der Waals surface area contributed by atoms with Gasteiger partial charge in [-0.2, -0.15) is 0 Å². The predicted octanol–water partition coefficient (Wildman–Crippen LogP) is 2.57. The van der Waals surface area contributed by atoms with Crippen LogP contribution in [0.3, 0.4) is 0 Å². The van der Waals surface area contributed by atoms with Gasteiger partial charge in [-0.1, -0.05) is 13.8 Å². The fraction of sp³-hybridized carbons (Fsp3) is 0.700. The lowest BCUT2D eigenvalue weighted by Crippen LogP contribution is -2.32. The van der Waals surface area contributed by atoms with E-state index in [2.05, 4.69) is 24.3 Å². The van der Waals surface area contributed by atoms with Crippen LogP contribution in [-0.4, -0.2) is 27.2 Å². The molecule has 0 unspecified atom stereocenters. The molecule has 0 spiro atoms. The molecule has 5 nitrogen and oxygen atoms in total. The van der Waals surface area contributed by atoms with Crippen LogP contribution < -0.4 is 10.9 Å². The average molecular weight is 340 g/mol. The van der Waals surface area contributed by atoms with E-state index in [9.17, 15) is 4.79 Å². The van der Waals surface area contributed by atoms with Crippen molar-refractivity contribution in [3.8, 4) is 0 Å². The largest absolute Gasteiger partial charge is 0.314 e. The van der Waals surface area contributed by atoms with E-state index in [0.29, 0.717) is 12.0 Å². The summed E-state index contributed by atoms with van der Waals surface area (Å²) in [5, 5.41) is 6.95. The Kier molecular flexibility index (Phi) is 3.56. The standard InChI is InChI=1S/C20H28N4O/c1-11(2)18-17(9-12-7-14-8-13(12)10-21-14)22-19-15-5-3-4-6-16(15)23-24(19)20(18)25/h11-14,21,23H,3-10H2,1-2H3/t12-,13+,14+/m0/s1. The van der Waals surface area contributed by atoms with Gasteiger partial charge in [-0.15, -0.1) is 0 Å². The Balaban J connectivity index is 1.63. The SMILES string of the molecule is CC(C)c1c(C[C@@H]2C[C@@H]3C[C@@H]2CN3)nc2c3c([nH]n2c1=O)CCCC3. The number of aromatic amines is 1. The van der Waals surface area contributed by atoms with E-state index in [1.54, 1.807) is 4.52 Å². The highest BCUT2D eigenvalue weighted by molar-refractivity contribution is 5.52. The summed E-state index contributed by atoms with van der Waals surface area (Å²) in [5.74, 6) is 1.67. The number of nitrogens with one attached hydrogen (secondary N) is 2. The molecule has 2 N–H and O–H groups in total. The number of aryl methyl sites for hydroxylation is 2. The molecule has 1 saturated carbocycles. The summed E-state index contributed by atoms with van der Waals surface area (Å²) in [6, 6.07) is 0.697. The van der Waals surface area contributed by atoms with Crippen LogP contribution in [0.4, 0.5) is 0 Å². The highest BCUT2D eigenvalue weighted by atomic mass is 16.1. The summed E-state index contributed by atoms with van der Waals surface area (Å²) >= 11 is 0. The van der Waals surface area contributed by atoms with Gasteiger partial charge < -0.3 is 5.32 Å². The van der Waals surface area contributed by atoms with Gasteiger partial charge in [-0.25, -0.2) is 9.50 Å². The number of aromatic nitrogens is 3. The Morgan fingerprint density at radius 1 is 1.24 bits per heavy atom. The Morgan fingerprint density at radius 2 is 2.08 bits per heavy atom. The molecule has 2 aromatic heterocycles. The Morgan fingerprint density at radius 3 is 2.80 bits per heavy atom. The van der Waals surface area contributed by atoms with Crippen molar-refractivity contribution in [3.05, 3.63) is 32.9 Å². The minimum atomic E-state index is 0.130. The summed E-state index contributed by atoms with van der Waals surface area (Å²) in [7, 11) is 0. The van der Waals surface area contributed by atoms with Gasteiger partial charge >= 0.3 is 0 Å². The molecule has 3 aliphatic rings. The highest BCUT2D eigenvalue weighted by Gasteiger charge is 2.40. The molecule has 1 saturated heterocycles. The molecule has 5 rings (SSSR count). The van der Waals surface area contributed by atoms with Crippen molar-refractivity contribution in [2.75, 3.05) is 6.54 Å². The lowest BCUT2D eigenvalue weighted by Gasteiger charge is -2.23. The summed E-state index contributed by atoms with van der Waals surface area (Å²) < 4.78 is 1.73. The quantitative estimate of drug-likeness (QED) is 0.903. The van der Waals surface area contributed by atoms with Gasteiger partial charge in [0.05, 0.1) is 5.69 Å². The maximum absolute atomic E-state index is 13.2. The second kappa shape index (κ2) is 5.70. The fourth-order valence-corrected chi connectivity index (χ4v) is 5.48. The van der Waals surface area contributed by atoms with Crippen LogP contribution in [0.5, 0.6) is 0 Å². The first kappa shape index (κ1) is 15.6. The summed E-state index contributed by atoms with van der Waals surface area (Å²) in [5.41, 5.74) is 5.55. The summed E-state index contributed by atoms with van der Waals surface area (Å²) in [6.07, 6.45) is 8.03. The van der Waals surface area contributed by atoms with Crippen molar-refractivity contribution >= 4 is 5.65 Å². The Hall–Kier alpha value is -1.62. The van der Waals surface area contributed by atoms with Crippen molar-refractivity contribution in [3.63, 3.8) is 0 Å². The van der Waals surface area contributed by atoms with Gasteiger partial charge in [0.15, 0.2) is 5.65 Å². The van der Waals surface area contributed by atoms with Crippen molar-refractivity contribution in [1.29, 1.82) is 0 Å². The molecule has 2 bridgehead atoms. The van der Waals surface area contributed by atoms with Gasteiger partial charge in [0.2, 0.25) is 0 Å². The van der Waals surface area contributed by atoms with Crippen LogP contribution in [0.2, 0.25) is 0 Å². The van der Waals surface area contributed by atoms with Crippen molar-refractivity contribution in [1.82, 2.24) is 19.9 Å². The number of hydrogen-bond acceptors (Lipinski definition) is 3. The Labute approximate surface area is 148 Å². The number of nitrogens with zero attached hydrogens (tertiary/aromatic N) is 2. The summed E-state index contributed by atoms with van der Waals surface area (Å²) in [4.78, 5) is 18.3. The van der Waals surface area contributed by atoms with Crippen LogP contribution >= 0.6 is 0 Å². The first-order valence-electron chi connectivity index (χ1n) is 10.0. The normalized spacial score (nSPS) is 28.2. The molecule has 0 amide bonds. The van der Waals surface area contributed by atoms with E-state index in [-0.39, 0.29) is 11.5 Å². The van der Waals surface area contributed by atoms with Crippen molar-refractivity contribution in [2.24, 2.45) is 11.8 Å². The third-order valence-corrected chi connectivity index (χ3v) is 6.72. The molecule has 25 heavy (non-hydrogen) atoms. The van der Waals surface area contributed by atoms with Crippen LogP contribution in [0.25, 0.3) is 5.65 Å². The van der Waals surface area contributed by atoms with Crippen molar-refractivity contribution in [2.45, 2.75) is 70.8 Å². The smallest absolute Gasteiger partial charge is 0.276 e. The second-order valence-electron chi connectivity index (χ2n) is 8.67. The fourth-order valence-electron chi connectivity index (χ4n) is 5.48. The number of fused-ring (bicyclic) bond motifs is 5. The predicted molar refractivity (Wildman–Crippen MR) is 98.3 cm³/mol. The lowest BCUT2D eigenvalue weighted by molar-refractivity contribution is 0.345. The van der Waals surface area contributed by atoms with Crippen LogP contribution in [0.1, 0.15) is 68.0 Å². The molecular formula is C20H28N4O. The average Bonchev–Trinajstić information content (AvgIpc) is 3.28. The monoisotopic (exact) mass is 340 g/mol. The third-order valence-electron chi connectivity index (χ3n) is 6.72. The molecule has 3 heterocycles. The zero-order chi connectivity index (χ0) is 17.1. The van der Waals surface area contributed by atoms with E-state index in [1.165, 1.54) is 36.9 Å². The molecule has 2 fully saturated rings. The van der Waals surface area contributed by atoms with Crippen LogP contribution in [-0.2, 0) is 19.3 Å². The van der Waals surface area contributed by atoms with Crippen molar-refractivity contribution < 1.29 is 0 Å². The van der Waals surface area contributed by atoms with Crippen LogP contribution in [0.15, 0.2) is 4.79 Å². The number of rotatable bonds is 3. The van der Waals surface area contributed by atoms with E-state index in [4.69, 9.17) is 4.98 Å². The van der Waals surface area contributed by atoms with E-state index in [1.807, 2.05) is 0 Å². The zero-order valence-electron chi connectivity index (χ0n) is 15.3. The highest BCUT2D eigenvalue weighted by Crippen LogP contribution is 2.39. The minimum Gasteiger partial charge on any atom is -0.314 e. The topological polar surface area (TPSA) is 62.2 Å². The molecule has 0 radical (unpaired) electrons. The van der Waals surface area contributed by atoms with Gasteiger partial charge in [-0.05, 0) is 69.2 Å². The van der Waals surface area contributed by atoms with Gasteiger partial charge in [0.25, 0.3) is 5.56 Å². The van der Waals surface area contributed by atoms with E-state index >= 15 is 0 Å².